The monoisotopic (exact) mass is 553 g/mol. The Morgan fingerprint density at radius 3 is 2.88 bits per heavy atom. The molecule has 0 saturated carbocycles. The minimum absolute atomic E-state index is 0.211. The van der Waals surface area contributed by atoms with Gasteiger partial charge in [-0.15, -0.1) is 0 Å². The zero-order valence-electron chi connectivity index (χ0n) is 19.0. The second-order valence-electron chi connectivity index (χ2n) is 7.12. The molecule has 0 aromatic heterocycles. The minimum atomic E-state index is -0.390. The number of nitrogens with one attached hydrogen (secondary N) is 2. The van der Waals surface area contributed by atoms with Crippen LogP contribution in [0, 0.1) is 0 Å². The van der Waals surface area contributed by atoms with E-state index in [1.165, 1.54) is 11.8 Å². The Bertz CT molecular complexity index is 998. The number of amides is 1. The van der Waals surface area contributed by atoms with Crippen molar-refractivity contribution < 1.29 is 24.2 Å². The number of carbonyl (C=O) groups is 1. The van der Waals surface area contributed by atoms with Crippen molar-refractivity contribution >= 4 is 44.6 Å². The number of unbranched alkanes of at least 4 members (excludes halogenated alkanes) is 1. The lowest BCUT2D eigenvalue weighted by molar-refractivity contribution is -0.129. The normalized spacial score (nSPS) is 17.2. The van der Waals surface area contributed by atoms with Crippen molar-refractivity contribution in [2.45, 2.75) is 31.1 Å². The number of fused-ring (bicyclic) bond motifs is 1. The molecule has 34 heavy (non-hydrogen) atoms. The van der Waals surface area contributed by atoms with E-state index in [2.05, 4.69) is 26.2 Å². The van der Waals surface area contributed by atoms with Crippen molar-refractivity contribution in [3.63, 3.8) is 0 Å². The molecule has 0 unspecified atom stereocenters. The van der Waals surface area contributed by atoms with Crippen molar-refractivity contribution in [2.24, 2.45) is 9.98 Å². The number of amidine groups is 2. The second kappa shape index (κ2) is 13.4. The summed E-state index contributed by atoms with van der Waals surface area (Å²) in [7, 11) is 1.81. The van der Waals surface area contributed by atoms with Gasteiger partial charge in [0.1, 0.15) is 5.70 Å². The van der Waals surface area contributed by atoms with Crippen LogP contribution in [0.2, 0.25) is 0 Å². The van der Waals surface area contributed by atoms with Gasteiger partial charge in [0.25, 0.3) is 0 Å². The zero-order chi connectivity index (χ0) is 24.3. The molecule has 0 bridgehead atoms. The van der Waals surface area contributed by atoms with Crippen molar-refractivity contribution in [1.29, 1.82) is 0 Å². The second-order valence-corrected chi connectivity index (χ2v) is 8.98. The quantitative estimate of drug-likeness (QED) is 0.216. The van der Waals surface area contributed by atoms with Gasteiger partial charge in [0.2, 0.25) is 12.7 Å². The lowest BCUT2D eigenvalue weighted by Gasteiger charge is -2.21. The molecule has 12 heteroatoms. The summed E-state index contributed by atoms with van der Waals surface area (Å²) in [6.45, 7) is 3.66. The lowest BCUT2D eigenvalue weighted by Crippen LogP contribution is -2.34. The number of hydrogen-bond donors (Lipinski definition) is 3. The number of carbonyl (C=O) groups excluding carboxylic acids is 1. The molecule has 0 fully saturated rings. The van der Waals surface area contributed by atoms with Gasteiger partial charge in [-0.05, 0) is 47.8 Å². The van der Waals surface area contributed by atoms with E-state index in [0.717, 1.165) is 32.5 Å². The topological polar surface area (TPSA) is 117 Å². The van der Waals surface area contributed by atoms with Crippen LogP contribution in [0.1, 0.15) is 26.2 Å². The van der Waals surface area contributed by atoms with E-state index in [-0.39, 0.29) is 19.1 Å². The summed E-state index contributed by atoms with van der Waals surface area (Å²) in [5, 5.41) is 12.3. The fourth-order valence-electron chi connectivity index (χ4n) is 3.11. The molecule has 1 amide bonds. The summed E-state index contributed by atoms with van der Waals surface area (Å²) in [6, 6.07) is 3.83. The van der Waals surface area contributed by atoms with E-state index in [4.69, 9.17) is 24.4 Å². The van der Waals surface area contributed by atoms with E-state index in [1.54, 1.807) is 17.9 Å². The lowest BCUT2D eigenvalue weighted by atomic mass is 10.2. The van der Waals surface area contributed by atoms with Crippen molar-refractivity contribution in [1.82, 2.24) is 15.7 Å². The summed E-state index contributed by atoms with van der Waals surface area (Å²) >= 11 is 5.12. The van der Waals surface area contributed by atoms with Crippen molar-refractivity contribution in [2.75, 3.05) is 33.6 Å². The first-order chi connectivity index (χ1) is 16.6. The highest BCUT2D eigenvalue weighted by Crippen LogP contribution is 2.42. The number of ether oxygens (including phenoxy) is 3. The van der Waals surface area contributed by atoms with Crippen molar-refractivity contribution in [3.8, 4) is 11.5 Å². The van der Waals surface area contributed by atoms with E-state index in [9.17, 15) is 4.79 Å². The van der Waals surface area contributed by atoms with Crippen LogP contribution in [0.15, 0.2) is 55.7 Å². The van der Waals surface area contributed by atoms with E-state index < -0.39 is 0 Å². The highest BCUT2D eigenvalue weighted by molar-refractivity contribution is 9.10. The molecule has 10 nitrogen and oxygen atoms in total. The van der Waals surface area contributed by atoms with Crippen LogP contribution in [-0.4, -0.2) is 60.6 Å². The average Bonchev–Trinajstić information content (AvgIpc) is 3.42. The first-order valence-corrected chi connectivity index (χ1v) is 12.4. The molecule has 2 aliphatic rings. The Hall–Kier alpha value is -2.54. The van der Waals surface area contributed by atoms with Crippen LogP contribution < -0.4 is 20.3 Å². The van der Waals surface area contributed by atoms with E-state index >= 15 is 0 Å². The summed E-state index contributed by atoms with van der Waals surface area (Å²) in [6.07, 6.45) is 6.99. The van der Waals surface area contributed by atoms with Crippen molar-refractivity contribution in [3.05, 3.63) is 40.8 Å². The standard InChI is InChI=1S/C22H28BrN5O5S/c1-3-16-21(25-8-7-24-2)28(9-11-31-10-5-4-6-20(29)27-30)22(26-16)34-19-13-18-17(12-15(19)23)32-14-33-18/h3,7-8,12-13,24,30H,4-6,9-11,14H2,1-2H3,(H,27,29)/b8-7-,16-3+,25-21+. The molecular formula is C22H28BrN5O5S. The summed E-state index contributed by atoms with van der Waals surface area (Å²) in [5.41, 5.74) is 2.41. The van der Waals surface area contributed by atoms with Gasteiger partial charge < -0.3 is 24.4 Å². The molecule has 3 rings (SSSR count). The Morgan fingerprint density at radius 2 is 2.15 bits per heavy atom. The number of thioether (sulfide) groups is 1. The number of halogens is 1. The molecule has 184 valence electrons. The highest BCUT2D eigenvalue weighted by Gasteiger charge is 2.29. The third-order valence-electron chi connectivity index (χ3n) is 4.80. The van der Waals surface area contributed by atoms with Gasteiger partial charge in [0.15, 0.2) is 22.5 Å². The number of nitrogens with zero attached hydrogens (tertiary/aromatic N) is 3. The summed E-state index contributed by atoms with van der Waals surface area (Å²) < 4.78 is 17.6. The van der Waals surface area contributed by atoms with Crippen LogP contribution in [0.5, 0.6) is 11.5 Å². The first kappa shape index (κ1) is 26.1. The van der Waals surface area contributed by atoms with Gasteiger partial charge in [0.05, 0.1) is 13.2 Å². The molecular weight excluding hydrogens is 526 g/mol. The van der Waals surface area contributed by atoms with E-state index in [0.29, 0.717) is 37.7 Å². The van der Waals surface area contributed by atoms with Crippen LogP contribution in [0.3, 0.4) is 0 Å². The van der Waals surface area contributed by atoms with Gasteiger partial charge in [-0.25, -0.2) is 15.5 Å². The predicted molar refractivity (Wildman–Crippen MR) is 134 cm³/mol. The third kappa shape index (κ3) is 6.98. The fourth-order valence-corrected chi connectivity index (χ4v) is 4.63. The number of hydrogen-bond acceptors (Lipinski definition) is 9. The third-order valence-corrected chi connectivity index (χ3v) is 6.77. The Balaban J connectivity index is 1.68. The maximum atomic E-state index is 11.1. The number of rotatable bonds is 11. The Kier molecular flexibility index (Phi) is 10.3. The van der Waals surface area contributed by atoms with E-state index in [1.807, 2.05) is 37.1 Å². The van der Waals surface area contributed by atoms with Crippen LogP contribution in [-0.2, 0) is 9.53 Å². The molecule has 0 atom stereocenters. The molecule has 1 aromatic rings. The maximum Gasteiger partial charge on any atom is 0.243 e. The minimum Gasteiger partial charge on any atom is -0.454 e. The van der Waals surface area contributed by atoms with Crippen LogP contribution >= 0.6 is 27.7 Å². The molecule has 0 radical (unpaired) electrons. The Labute approximate surface area is 211 Å². The smallest absolute Gasteiger partial charge is 0.243 e. The number of hydroxylamine groups is 1. The summed E-state index contributed by atoms with van der Waals surface area (Å²) in [4.78, 5) is 23.4. The highest BCUT2D eigenvalue weighted by atomic mass is 79.9. The first-order valence-electron chi connectivity index (χ1n) is 10.8. The van der Waals surface area contributed by atoms with Gasteiger partial charge in [-0.1, -0.05) is 17.8 Å². The molecule has 2 aliphatic heterocycles. The molecule has 0 spiro atoms. The average molecular weight is 554 g/mol. The largest absolute Gasteiger partial charge is 0.454 e. The van der Waals surface area contributed by atoms with Gasteiger partial charge in [-0.2, -0.15) is 0 Å². The molecule has 0 aliphatic carbocycles. The predicted octanol–water partition coefficient (Wildman–Crippen LogP) is 3.63. The molecule has 1 aromatic carbocycles. The van der Waals surface area contributed by atoms with Gasteiger partial charge in [0, 0.05) is 41.8 Å². The Morgan fingerprint density at radius 1 is 1.35 bits per heavy atom. The number of aliphatic imine (C=N–C) groups is 2. The SMILES string of the molecule is C/C=C1/N=C(Sc2cc3c(cc2Br)OCO3)N(CCOCCCCC(=O)NO)/C1=N/C=C\NC. The molecule has 3 N–H and O–H groups in total. The maximum absolute atomic E-state index is 11.1. The van der Waals surface area contributed by atoms with Gasteiger partial charge in [-0.3, -0.25) is 10.0 Å². The molecule has 2 heterocycles. The van der Waals surface area contributed by atoms with Crippen LogP contribution in [0.4, 0.5) is 0 Å². The number of benzene rings is 1. The molecule has 0 saturated heterocycles. The number of allylic oxidation sites excluding steroid dienone is 1. The van der Waals surface area contributed by atoms with Gasteiger partial charge >= 0.3 is 0 Å². The fraction of sp³-hybridized carbons (Fsp3) is 0.409. The zero-order valence-corrected chi connectivity index (χ0v) is 21.4. The van der Waals surface area contributed by atoms with Crippen LogP contribution in [0.25, 0.3) is 0 Å². The summed E-state index contributed by atoms with van der Waals surface area (Å²) in [5.74, 6) is 1.75.